The van der Waals surface area contributed by atoms with E-state index >= 15 is 0 Å². The molecule has 0 saturated heterocycles. The molecule has 2 rings (SSSR count). The number of nitriles is 1. The zero-order valence-corrected chi connectivity index (χ0v) is 8.27. The van der Waals surface area contributed by atoms with Crippen molar-refractivity contribution in [1.29, 1.82) is 5.26 Å². The third-order valence-electron chi connectivity index (χ3n) is 2.05. The first kappa shape index (κ1) is 10.2. The fourth-order valence-electron chi connectivity index (χ4n) is 1.28. The van der Waals surface area contributed by atoms with E-state index in [2.05, 4.69) is 15.0 Å². The molecule has 16 heavy (non-hydrogen) atoms. The molecular formula is C11H8FN3O. The van der Waals surface area contributed by atoms with Crippen molar-refractivity contribution in [3.8, 4) is 6.07 Å². The zero-order chi connectivity index (χ0) is 11.4. The van der Waals surface area contributed by atoms with Gasteiger partial charge in [-0.3, -0.25) is 0 Å². The maximum Gasteiger partial charge on any atom is 0.124 e. The average molecular weight is 217 g/mol. The fourth-order valence-corrected chi connectivity index (χ4v) is 1.28. The maximum atomic E-state index is 12.8. The van der Waals surface area contributed by atoms with E-state index in [1.807, 2.05) is 6.07 Å². The summed E-state index contributed by atoms with van der Waals surface area (Å²) in [6.07, 6.45) is 1.47. The minimum absolute atomic E-state index is 0.267. The molecule has 0 saturated carbocycles. The van der Waals surface area contributed by atoms with Gasteiger partial charge in [0.15, 0.2) is 0 Å². The molecule has 0 aliphatic heterocycles. The van der Waals surface area contributed by atoms with E-state index in [0.717, 1.165) is 0 Å². The number of benzene rings is 1. The van der Waals surface area contributed by atoms with Gasteiger partial charge in [0.2, 0.25) is 0 Å². The topological polar surface area (TPSA) is 61.9 Å². The molecule has 0 radical (unpaired) electrons. The van der Waals surface area contributed by atoms with Gasteiger partial charge in [-0.05, 0) is 18.2 Å². The number of aromatic nitrogens is 1. The van der Waals surface area contributed by atoms with Crippen LogP contribution in [0.15, 0.2) is 35.1 Å². The number of halogens is 1. The summed E-state index contributed by atoms with van der Waals surface area (Å²) in [6.45, 7) is 0.427. The predicted molar refractivity (Wildman–Crippen MR) is 54.9 cm³/mol. The van der Waals surface area contributed by atoms with Gasteiger partial charge in [-0.2, -0.15) is 5.26 Å². The average Bonchev–Trinajstić information content (AvgIpc) is 2.80. The standard InChI is InChI=1S/C11H8FN3O/c12-9-1-2-11(8(5-9)6-13)14-7-10-3-4-16-15-10/h1-5,14H,7H2. The number of rotatable bonds is 3. The van der Waals surface area contributed by atoms with Crippen LogP contribution in [0, 0.1) is 17.1 Å². The molecule has 0 aliphatic carbocycles. The number of hydrogen-bond donors (Lipinski definition) is 1. The van der Waals surface area contributed by atoms with Crippen LogP contribution >= 0.6 is 0 Å². The maximum absolute atomic E-state index is 12.8. The van der Waals surface area contributed by atoms with E-state index in [-0.39, 0.29) is 5.56 Å². The Balaban J connectivity index is 2.13. The molecular weight excluding hydrogens is 209 g/mol. The molecule has 5 heteroatoms. The highest BCUT2D eigenvalue weighted by molar-refractivity contribution is 5.57. The van der Waals surface area contributed by atoms with Gasteiger partial charge in [0, 0.05) is 6.07 Å². The molecule has 0 unspecified atom stereocenters. The van der Waals surface area contributed by atoms with Crippen molar-refractivity contribution in [2.75, 3.05) is 5.32 Å². The Bertz CT molecular complexity index is 517. The largest absolute Gasteiger partial charge is 0.378 e. The van der Waals surface area contributed by atoms with E-state index < -0.39 is 5.82 Å². The molecule has 0 amide bonds. The second-order valence-electron chi connectivity index (χ2n) is 3.15. The molecule has 0 fully saturated rings. The molecule has 4 nitrogen and oxygen atoms in total. The van der Waals surface area contributed by atoms with Crippen molar-refractivity contribution in [2.45, 2.75) is 6.54 Å². The van der Waals surface area contributed by atoms with E-state index in [0.29, 0.717) is 17.9 Å². The van der Waals surface area contributed by atoms with Crippen LogP contribution < -0.4 is 5.32 Å². The smallest absolute Gasteiger partial charge is 0.124 e. The minimum atomic E-state index is -0.427. The summed E-state index contributed by atoms with van der Waals surface area (Å²) < 4.78 is 17.5. The molecule has 0 aliphatic rings. The SMILES string of the molecule is N#Cc1cc(F)ccc1NCc1ccon1. The van der Waals surface area contributed by atoms with Crippen molar-refractivity contribution in [1.82, 2.24) is 5.16 Å². The summed E-state index contributed by atoms with van der Waals surface area (Å²) >= 11 is 0. The van der Waals surface area contributed by atoms with Gasteiger partial charge in [0.25, 0.3) is 0 Å². The molecule has 80 valence electrons. The van der Waals surface area contributed by atoms with Crippen molar-refractivity contribution in [3.05, 3.63) is 47.6 Å². The number of nitrogens with zero attached hydrogens (tertiary/aromatic N) is 2. The molecule has 1 aromatic carbocycles. The van der Waals surface area contributed by atoms with Crippen LogP contribution in [0.3, 0.4) is 0 Å². The first-order valence-corrected chi connectivity index (χ1v) is 4.62. The van der Waals surface area contributed by atoms with E-state index in [1.54, 1.807) is 6.07 Å². The van der Waals surface area contributed by atoms with Crippen LogP contribution in [0.4, 0.5) is 10.1 Å². The first-order valence-electron chi connectivity index (χ1n) is 4.62. The Morgan fingerprint density at radius 1 is 1.44 bits per heavy atom. The van der Waals surface area contributed by atoms with Gasteiger partial charge < -0.3 is 9.84 Å². The lowest BCUT2D eigenvalue weighted by Gasteiger charge is -2.05. The molecule has 0 bridgehead atoms. The highest BCUT2D eigenvalue weighted by Gasteiger charge is 2.04. The Morgan fingerprint density at radius 3 is 3.00 bits per heavy atom. The van der Waals surface area contributed by atoms with E-state index in [4.69, 9.17) is 5.26 Å². The third kappa shape index (κ3) is 2.17. The summed E-state index contributed by atoms with van der Waals surface area (Å²) in [5.74, 6) is -0.427. The van der Waals surface area contributed by atoms with Crippen molar-refractivity contribution in [3.63, 3.8) is 0 Å². The van der Waals surface area contributed by atoms with Crippen LogP contribution in [0.1, 0.15) is 11.3 Å². The summed E-state index contributed by atoms with van der Waals surface area (Å²) in [6, 6.07) is 7.64. The van der Waals surface area contributed by atoms with Gasteiger partial charge in [0.1, 0.15) is 23.8 Å². The van der Waals surface area contributed by atoms with Gasteiger partial charge in [-0.1, -0.05) is 5.16 Å². The normalized spacial score (nSPS) is 9.75. The quantitative estimate of drug-likeness (QED) is 0.856. The monoisotopic (exact) mass is 217 g/mol. The molecule has 0 atom stereocenters. The number of anilines is 1. The zero-order valence-electron chi connectivity index (χ0n) is 8.27. The van der Waals surface area contributed by atoms with Crippen LogP contribution in [-0.4, -0.2) is 5.16 Å². The summed E-state index contributed by atoms with van der Waals surface area (Å²) in [4.78, 5) is 0. The lowest BCUT2D eigenvalue weighted by atomic mass is 10.2. The molecule has 0 spiro atoms. The van der Waals surface area contributed by atoms with Gasteiger partial charge in [-0.25, -0.2) is 4.39 Å². The third-order valence-corrected chi connectivity index (χ3v) is 2.05. The highest BCUT2D eigenvalue weighted by atomic mass is 19.1. The lowest BCUT2D eigenvalue weighted by Crippen LogP contribution is -2.01. The van der Waals surface area contributed by atoms with Crippen molar-refractivity contribution in [2.24, 2.45) is 0 Å². The van der Waals surface area contributed by atoms with Crippen LogP contribution in [0.2, 0.25) is 0 Å². The Kier molecular flexibility index (Phi) is 2.83. The van der Waals surface area contributed by atoms with Crippen molar-refractivity contribution < 1.29 is 8.91 Å². The summed E-state index contributed by atoms with van der Waals surface area (Å²) in [5, 5.41) is 15.5. The number of hydrogen-bond acceptors (Lipinski definition) is 4. The Morgan fingerprint density at radius 2 is 2.31 bits per heavy atom. The molecule has 2 aromatic rings. The van der Waals surface area contributed by atoms with Gasteiger partial charge in [0.05, 0.1) is 17.8 Å². The predicted octanol–water partition coefficient (Wildman–Crippen LogP) is 2.30. The summed E-state index contributed by atoms with van der Waals surface area (Å²) in [5.41, 5.74) is 1.56. The van der Waals surface area contributed by atoms with E-state index in [9.17, 15) is 4.39 Å². The van der Waals surface area contributed by atoms with Crippen molar-refractivity contribution >= 4 is 5.69 Å². The second-order valence-corrected chi connectivity index (χ2v) is 3.15. The fraction of sp³-hybridized carbons (Fsp3) is 0.0909. The van der Waals surface area contributed by atoms with Crippen LogP contribution in [-0.2, 0) is 6.54 Å². The van der Waals surface area contributed by atoms with E-state index in [1.165, 1.54) is 24.5 Å². The first-order chi connectivity index (χ1) is 7.79. The molecule has 1 heterocycles. The lowest BCUT2D eigenvalue weighted by molar-refractivity contribution is 0.412. The van der Waals surface area contributed by atoms with Gasteiger partial charge in [-0.15, -0.1) is 0 Å². The Labute approximate surface area is 91.3 Å². The molecule has 1 N–H and O–H groups in total. The second kappa shape index (κ2) is 4.45. The Hall–Kier alpha value is -2.35. The summed E-state index contributed by atoms with van der Waals surface area (Å²) in [7, 11) is 0. The minimum Gasteiger partial charge on any atom is -0.378 e. The van der Waals surface area contributed by atoms with Gasteiger partial charge >= 0.3 is 0 Å². The number of nitrogens with one attached hydrogen (secondary N) is 1. The van der Waals surface area contributed by atoms with Crippen LogP contribution in [0.25, 0.3) is 0 Å². The highest BCUT2D eigenvalue weighted by Crippen LogP contribution is 2.16. The van der Waals surface area contributed by atoms with Crippen LogP contribution in [0.5, 0.6) is 0 Å². The molecule has 1 aromatic heterocycles.